The molecule has 0 radical (unpaired) electrons. The summed E-state index contributed by atoms with van der Waals surface area (Å²) in [5, 5.41) is -0.491. The molecule has 0 amide bonds. The van der Waals surface area contributed by atoms with Crippen LogP contribution in [-0.4, -0.2) is 27.9 Å². The molecule has 0 saturated heterocycles. The van der Waals surface area contributed by atoms with Crippen LogP contribution in [0.3, 0.4) is 0 Å². The van der Waals surface area contributed by atoms with Crippen LogP contribution in [0.5, 0.6) is 0 Å². The van der Waals surface area contributed by atoms with Gasteiger partial charge in [-0.2, -0.15) is 21.6 Å². The second-order valence-electron chi connectivity index (χ2n) is 5.55. The number of alkyl halides is 3. The molecular weight excluding hydrogens is 381 g/mol. The number of hydrogen-bond donors (Lipinski definition) is 2. The summed E-state index contributed by atoms with van der Waals surface area (Å²) in [6.45, 7) is 4.79. The highest BCUT2D eigenvalue weighted by molar-refractivity contribution is 7.93. The van der Waals surface area contributed by atoms with Gasteiger partial charge in [0.1, 0.15) is 0 Å². The van der Waals surface area contributed by atoms with Gasteiger partial charge in [0.2, 0.25) is 10.0 Å². The van der Waals surface area contributed by atoms with Gasteiger partial charge >= 0.3 is 15.5 Å². The van der Waals surface area contributed by atoms with Crippen LogP contribution in [0.25, 0.3) is 0 Å². The number of anilines is 1. The lowest BCUT2D eigenvalue weighted by molar-refractivity contribution is -0.0429. The average Bonchev–Trinajstić information content (AvgIpc) is 2.26. The van der Waals surface area contributed by atoms with Crippen molar-refractivity contribution < 1.29 is 30.0 Å². The van der Waals surface area contributed by atoms with Gasteiger partial charge in [0.05, 0.1) is 15.6 Å². The van der Waals surface area contributed by atoms with Crippen molar-refractivity contribution in [3.8, 4) is 0 Å². The van der Waals surface area contributed by atoms with Gasteiger partial charge in [0, 0.05) is 5.54 Å². The van der Waals surface area contributed by atoms with E-state index in [0.717, 1.165) is 18.2 Å². The molecule has 2 N–H and O–H groups in total. The van der Waals surface area contributed by atoms with Crippen molar-refractivity contribution >= 4 is 37.3 Å². The molecule has 6 nitrogen and oxygen atoms in total. The van der Waals surface area contributed by atoms with E-state index in [1.807, 2.05) is 0 Å². The Balaban J connectivity index is 3.19. The van der Waals surface area contributed by atoms with Crippen LogP contribution in [0.1, 0.15) is 20.8 Å². The molecule has 0 aromatic heterocycles. The first-order chi connectivity index (χ1) is 10.1. The molecule has 0 spiro atoms. The number of nitrogens with one attached hydrogen (secondary N) is 2. The maximum atomic E-state index is 12.3. The first-order valence-corrected chi connectivity index (χ1v) is 9.32. The van der Waals surface area contributed by atoms with E-state index in [2.05, 4.69) is 4.72 Å². The molecule has 1 aromatic carbocycles. The van der Waals surface area contributed by atoms with E-state index in [4.69, 9.17) is 11.6 Å². The van der Waals surface area contributed by atoms with Crippen molar-refractivity contribution in [1.29, 1.82) is 0 Å². The Morgan fingerprint density at radius 3 is 1.96 bits per heavy atom. The third-order valence-electron chi connectivity index (χ3n) is 2.24. The van der Waals surface area contributed by atoms with Gasteiger partial charge in [-0.3, -0.25) is 4.72 Å². The summed E-state index contributed by atoms with van der Waals surface area (Å²) in [4.78, 5) is -0.313. The fourth-order valence-corrected chi connectivity index (χ4v) is 3.79. The number of hydrogen-bond acceptors (Lipinski definition) is 4. The van der Waals surface area contributed by atoms with E-state index >= 15 is 0 Å². The van der Waals surface area contributed by atoms with Crippen molar-refractivity contribution in [2.75, 3.05) is 4.72 Å². The van der Waals surface area contributed by atoms with Crippen LogP contribution in [0.2, 0.25) is 5.02 Å². The molecule has 0 heterocycles. The highest BCUT2D eigenvalue weighted by Gasteiger charge is 2.46. The monoisotopic (exact) mass is 394 g/mol. The standard InChI is InChI=1S/C11H14ClF3N2O4S2/c1-10(2,3)17-22(18,19)7-4-5-9(8(12)6-7)16-23(20,21)11(13,14)15/h4-6,16-17H,1-3H3. The zero-order chi connectivity index (χ0) is 18.3. The van der Waals surface area contributed by atoms with E-state index in [1.54, 1.807) is 20.8 Å². The number of benzene rings is 1. The maximum Gasteiger partial charge on any atom is 0.516 e. The third kappa shape index (κ3) is 5.23. The zero-order valence-electron chi connectivity index (χ0n) is 12.2. The van der Waals surface area contributed by atoms with Gasteiger partial charge in [-0.05, 0) is 39.0 Å². The summed E-state index contributed by atoms with van der Waals surface area (Å²) in [5.74, 6) is 0. The minimum absolute atomic E-state index is 0.313. The van der Waals surface area contributed by atoms with Gasteiger partial charge in [-0.1, -0.05) is 11.6 Å². The Morgan fingerprint density at radius 2 is 1.57 bits per heavy atom. The molecule has 132 valence electrons. The fraction of sp³-hybridized carbons (Fsp3) is 0.455. The van der Waals surface area contributed by atoms with E-state index in [0.29, 0.717) is 0 Å². The average molecular weight is 395 g/mol. The second-order valence-corrected chi connectivity index (χ2v) is 9.31. The lowest BCUT2D eigenvalue weighted by Gasteiger charge is -2.20. The molecule has 0 bridgehead atoms. The van der Waals surface area contributed by atoms with Gasteiger partial charge in [0.15, 0.2) is 0 Å². The Bertz CT molecular complexity index is 800. The molecule has 0 fully saturated rings. The van der Waals surface area contributed by atoms with Crippen molar-refractivity contribution in [3.05, 3.63) is 23.2 Å². The maximum absolute atomic E-state index is 12.3. The smallest absolute Gasteiger partial charge is 0.274 e. The topological polar surface area (TPSA) is 92.3 Å². The minimum atomic E-state index is -5.65. The van der Waals surface area contributed by atoms with Crippen LogP contribution >= 0.6 is 11.6 Å². The molecule has 0 atom stereocenters. The van der Waals surface area contributed by atoms with E-state index in [9.17, 15) is 30.0 Å². The molecule has 0 aliphatic rings. The molecule has 0 unspecified atom stereocenters. The van der Waals surface area contributed by atoms with E-state index in [1.165, 1.54) is 4.72 Å². The van der Waals surface area contributed by atoms with Crippen LogP contribution in [0.4, 0.5) is 18.9 Å². The van der Waals surface area contributed by atoms with Gasteiger partial charge < -0.3 is 0 Å². The molecular formula is C11H14ClF3N2O4S2. The number of halogens is 4. The summed E-state index contributed by atoms with van der Waals surface area (Å²) in [5.41, 5.74) is -6.89. The first kappa shape index (κ1) is 20.0. The number of rotatable bonds is 4. The predicted octanol–water partition coefficient (Wildman–Crippen LogP) is 2.68. The van der Waals surface area contributed by atoms with Crippen LogP contribution in [0.15, 0.2) is 23.1 Å². The Labute approximate surface area is 137 Å². The van der Waals surface area contributed by atoms with Gasteiger partial charge in [-0.15, -0.1) is 0 Å². The van der Waals surface area contributed by atoms with Crippen LogP contribution in [0, 0.1) is 0 Å². The molecule has 0 aliphatic carbocycles. The summed E-state index contributed by atoms with van der Waals surface area (Å²) >= 11 is 5.68. The number of sulfonamides is 2. The summed E-state index contributed by atoms with van der Waals surface area (Å²) in [6, 6.07) is 2.63. The summed E-state index contributed by atoms with van der Waals surface area (Å²) < 4.78 is 86.7. The van der Waals surface area contributed by atoms with E-state index in [-0.39, 0.29) is 4.90 Å². The quantitative estimate of drug-likeness (QED) is 0.821. The molecule has 0 aliphatic heterocycles. The molecule has 0 saturated carbocycles. The Hall–Kier alpha value is -1.04. The van der Waals surface area contributed by atoms with Crippen molar-refractivity contribution in [2.24, 2.45) is 0 Å². The molecule has 12 heteroatoms. The highest BCUT2D eigenvalue weighted by Crippen LogP contribution is 2.30. The van der Waals surface area contributed by atoms with Crippen LogP contribution < -0.4 is 9.44 Å². The fourth-order valence-electron chi connectivity index (χ4n) is 1.41. The molecule has 1 rings (SSSR count). The van der Waals surface area contributed by atoms with E-state index < -0.39 is 41.8 Å². The third-order valence-corrected chi connectivity index (χ3v) is 5.41. The predicted molar refractivity (Wildman–Crippen MR) is 80.1 cm³/mol. The molecule has 1 aromatic rings. The van der Waals surface area contributed by atoms with Crippen molar-refractivity contribution in [2.45, 2.75) is 36.7 Å². The van der Waals surface area contributed by atoms with Crippen LogP contribution in [-0.2, 0) is 20.0 Å². The first-order valence-electron chi connectivity index (χ1n) is 5.98. The largest absolute Gasteiger partial charge is 0.516 e. The zero-order valence-corrected chi connectivity index (χ0v) is 14.6. The summed E-state index contributed by atoms with van der Waals surface area (Å²) in [6.07, 6.45) is 0. The minimum Gasteiger partial charge on any atom is -0.274 e. The summed E-state index contributed by atoms with van der Waals surface area (Å²) in [7, 11) is -9.61. The molecule has 23 heavy (non-hydrogen) atoms. The Kier molecular flexibility index (Phi) is 5.32. The van der Waals surface area contributed by atoms with Crippen molar-refractivity contribution in [1.82, 2.24) is 4.72 Å². The van der Waals surface area contributed by atoms with Gasteiger partial charge in [-0.25, -0.2) is 13.1 Å². The lowest BCUT2D eigenvalue weighted by atomic mass is 10.1. The lowest BCUT2D eigenvalue weighted by Crippen LogP contribution is -2.40. The normalized spacial score (nSPS) is 13.9. The second kappa shape index (κ2) is 6.11. The highest BCUT2D eigenvalue weighted by atomic mass is 35.5. The van der Waals surface area contributed by atoms with Gasteiger partial charge in [0.25, 0.3) is 0 Å². The van der Waals surface area contributed by atoms with Crippen molar-refractivity contribution in [3.63, 3.8) is 0 Å². The Morgan fingerprint density at radius 1 is 1.04 bits per heavy atom. The SMILES string of the molecule is CC(C)(C)NS(=O)(=O)c1ccc(NS(=O)(=O)C(F)(F)F)c(Cl)c1.